The molecule has 0 saturated carbocycles. The molecule has 1 aromatic rings. The van der Waals surface area contributed by atoms with Gasteiger partial charge in [0.1, 0.15) is 0 Å². The Hall–Kier alpha value is -0.210. The molecule has 10 heavy (non-hydrogen) atoms. The lowest BCUT2D eigenvalue weighted by atomic mass is 10.5. The summed E-state index contributed by atoms with van der Waals surface area (Å²) in [4.78, 5) is 0. The molecule has 0 atom stereocenters. The fourth-order valence-corrected chi connectivity index (χ4v) is 0.985. The van der Waals surface area contributed by atoms with Crippen molar-refractivity contribution in [2.75, 3.05) is 0 Å². The van der Waals surface area contributed by atoms with Crippen LogP contribution in [0.5, 0.6) is 0 Å². The summed E-state index contributed by atoms with van der Waals surface area (Å²) < 4.78 is 1.88. The molecule has 1 rings (SSSR count). The van der Waals surface area contributed by atoms with E-state index in [4.69, 9.17) is 11.6 Å². The predicted molar refractivity (Wildman–Crippen MR) is 44.7 cm³/mol. The Morgan fingerprint density at radius 2 is 2.40 bits per heavy atom. The van der Waals surface area contributed by atoms with Crippen molar-refractivity contribution in [3.63, 3.8) is 0 Å². The second-order valence-electron chi connectivity index (χ2n) is 1.77. The molecule has 0 unspecified atom stereocenters. The number of aryl methyl sites for hydroxylation is 1. The van der Waals surface area contributed by atoms with Gasteiger partial charge in [-0.25, -0.2) is 0 Å². The molecule has 0 fully saturated rings. The van der Waals surface area contributed by atoms with Crippen LogP contribution in [-0.4, -0.2) is 9.78 Å². The molecule has 0 N–H and O–H groups in total. The lowest BCUT2D eigenvalue weighted by Gasteiger charge is -1.97. The Morgan fingerprint density at radius 3 is 2.80 bits per heavy atom. The highest BCUT2D eigenvalue weighted by atomic mass is 35.5. The molecule has 0 amide bonds. The maximum absolute atomic E-state index is 5.59. The highest BCUT2D eigenvalue weighted by Crippen LogP contribution is 2.01. The average Bonchev–Trinajstić information content (AvgIpc) is 2.33. The van der Waals surface area contributed by atoms with Crippen LogP contribution in [-0.2, 0) is 12.4 Å². The van der Waals surface area contributed by atoms with Crippen LogP contribution in [0.25, 0.3) is 0 Å². The Kier molecular flexibility index (Phi) is 4.49. The maximum atomic E-state index is 5.59. The Morgan fingerprint density at radius 1 is 1.70 bits per heavy atom. The molecule has 0 radical (unpaired) electrons. The van der Waals surface area contributed by atoms with Gasteiger partial charge in [0.05, 0.1) is 11.6 Å². The fourth-order valence-electron chi connectivity index (χ4n) is 0.758. The van der Waals surface area contributed by atoms with Crippen LogP contribution in [0.2, 0.25) is 0 Å². The first-order valence-electron chi connectivity index (χ1n) is 2.95. The number of aromatic nitrogens is 2. The van der Waals surface area contributed by atoms with E-state index in [0.717, 1.165) is 12.2 Å². The van der Waals surface area contributed by atoms with E-state index in [1.165, 1.54) is 0 Å². The molecule has 58 valence electrons. The van der Waals surface area contributed by atoms with Crippen LogP contribution >= 0.6 is 24.0 Å². The minimum atomic E-state index is 0. The fraction of sp³-hybridized carbons (Fsp3) is 0.500. The first-order chi connectivity index (χ1) is 4.38. The van der Waals surface area contributed by atoms with Crippen LogP contribution < -0.4 is 0 Å². The summed E-state index contributed by atoms with van der Waals surface area (Å²) in [6, 6.07) is 1.93. The summed E-state index contributed by atoms with van der Waals surface area (Å²) in [5, 5.41) is 4.04. The summed E-state index contributed by atoms with van der Waals surface area (Å²) in [6.07, 6.45) is 1.77. The van der Waals surface area contributed by atoms with Gasteiger partial charge in [-0.3, -0.25) is 4.68 Å². The van der Waals surface area contributed by atoms with Crippen molar-refractivity contribution in [3.05, 3.63) is 18.0 Å². The molecular weight excluding hydrogens is 171 g/mol. The van der Waals surface area contributed by atoms with Gasteiger partial charge in [0.15, 0.2) is 0 Å². The molecule has 0 aliphatic carbocycles. The van der Waals surface area contributed by atoms with Crippen LogP contribution in [0.3, 0.4) is 0 Å². The zero-order valence-corrected chi connectivity index (χ0v) is 7.32. The van der Waals surface area contributed by atoms with E-state index in [-0.39, 0.29) is 12.4 Å². The molecule has 0 aliphatic heterocycles. The molecule has 0 aromatic carbocycles. The average molecular weight is 181 g/mol. The Labute approximate surface area is 71.6 Å². The van der Waals surface area contributed by atoms with Gasteiger partial charge in [-0.2, -0.15) is 5.10 Å². The lowest BCUT2D eigenvalue weighted by Crippen LogP contribution is -1.99. The zero-order chi connectivity index (χ0) is 6.69. The van der Waals surface area contributed by atoms with Crippen molar-refractivity contribution in [3.8, 4) is 0 Å². The normalized spacial score (nSPS) is 9.00. The molecule has 0 bridgehead atoms. The number of halogens is 2. The van der Waals surface area contributed by atoms with E-state index in [9.17, 15) is 0 Å². The maximum Gasteiger partial charge on any atom is 0.0644 e. The largest absolute Gasteiger partial charge is 0.269 e. The van der Waals surface area contributed by atoms with Crippen molar-refractivity contribution < 1.29 is 0 Å². The van der Waals surface area contributed by atoms with Crippen LogP contribution in [0.15, 0.2) is 12.3 Å². The summed E-state index contributed by atoms with van der Waals surface area (Å²) in [5.41, 5.74) is 1.08. The quantitative estimate of drug-likeness (QED) is 0.638. The van der Waals surface area contributed by atoms with Gasteiger partial charge < -0.3 is 0 Å². The third kappa shape index (κ3) is 1.89. The second-order valence-corrected chi connectivity index (χ2v) is 2.04. The highest BCUT2D eigenvalue weighted by molar-refractivity contribution is 6.16. The SMILES string of the molecule is CCn1nccc1CCl.Cl. The van der Waals surface area contributed by atoms with Gasteiger partial charge in [0.25, 0.3) is 0 Å². The zero-order valence-electron chi connectivity index (χ0n) is 5.75. The molecule has 0 saturated heterocycles. The monoisotopic (exact) mass is 180 g/mol. The minimum absolute atomic E-state index is 0. The van der Waals surface area contributed by atoms with Crippen molar-refractivity contribution in [2.24, 2.45) is 0 Å². The first-order valence-corrected chi connectivity index (χ1v) is 3.48. The van der Waals surface area contributed by atoms with E-state index >= 15 is 0 Å². The molecule has 1 aromatic heterocycles. The topological polar surface area (TPSA) is 17.8 Å². The van der Waals surface area contributed by atoms with Crippen molar-refractivity contribution in [1.82, 2.24) is 9.78 Å². The van der Waals surface area contributed by atoms with Gasteiger partial charge in [-0.05, 0) is 13.0 Å². The summed E-state index contributed by atoms with van der Waals surface area (Å²) in [5.74, 6) is 0.549. The van der Waals surface area contributed by atoms with Gasteiger partial charge in [0.2, 0.25) is 0 Å². The number of alkyl halides is 1. The van der Waals surface area contributed by atoms with Crippen LogP contribution in [0.1, 0.15) is 12.6 Å². The van der Waals surface area contributed by atoms with E-state index in [1.807, 2.05) is 17.7 Å². The highest BCUT2D eigenvalue weighted by Gasteiger charge is 1.95. The molecule has 0 spiro atoms. The van der Waals surface area contributed by atoms with Gasteiger partial charge >= 0.3 is 0 Å². The van der Waals surface area contributed by atoms with Gasteiger partial charge in [-0.1, -0.05) is 0 Å². The third-order valence-corrected chi connectivity index (χ3v) is 1.51. The summed E-state index contributed by atoms with van der Waals surface area (Å²) in [7, 11) is 0. The van der Waals surface area contributed by atoms with Crippen molar-refractivity contribution >= 4 is 24.0 Å². The number of rotatable bonds is 2. The van der Waals surface area contributed by atoms with Crippen LogP contribution in [0.4, 0.5) is 0 Å². The molecule has 2 nitrogen and oxygen atoms in total. The molecule has 1 heterocycles. The van der Waals surface area contributed by atoms with E-state index in [0.29, 0.717) is 5.88 Å². The van der Waals surface area contributed by atoms with Gasteiger partial charge in [0, 0.05) is 12.7 Å². The number of nitrogens with zero attached hydrogens (tertiary/aromatic N) is 2. The smallest absolute Gasteiger partial charge is 0.0644 e. The minimum Gasteiger partial charge on any atom is -0.269 e. The number of hydrogen-bond acceptors (Lipinski definition) is 1. The van der Waals surface area contributed by atoms with E-state index < -0.39 is 0 Å². The summed E-state index contributed by atoms with van der Waals surface area (Å²) >= 11 is 5.59. The Bertz CT molecular complexity index is 167. The molecule has 4 heteroatoms. The van der Waals surface area contributed by atoms with Gasteiger partial charge in [-0.15, -0.1) is 24.0 Å². The second kappa shape index (κ2) is 4.58. The van der Waals surface area contributed by atoms with Crippen molar-refractivity contribution in [2.45, 2.75) is 19.3 Å². The summed E-state index contributed by atoms with van der Waals surface area (Å²) in [6.45, 7) is 2.94. The molecular formula is C6H10Cl2N2. The van der Waals surface area contributed by atoms with E-state index in [2.05, 4.69) is 5.10 Å². The Balaban J connectivity index is 0.000000810. The standard InChI is InChI=1S/C6H9ClN2.ClH/c1-2-9-6(5-7)3-4-8-9;/h3-4H,2,5H2,1H3;1H. The predicted octanol–water partition coefficient (Wildman–Crippen LogP) is 2.06. The molecule has 0 aliphatic rings. The van der Waals surface area contributed by atoms with Crippen molar-refractivity contribution in [1.29, 1.82) is 0 Å². The van der Waals surface area contributed by atoms with Crippen LogP contribution in [0, 0.1) is 0 Å². The third-order valence-electron chi connectivity index (χ3n) is 1.24. The number of hydrogen-bond donors (Lipinski definition) is 0. The van der Waals surface area contributed by atoms with E-state index in [1.54, 1.807) is 6.20 Å². The first kappa shape index (κ1) is 9.79. The lowest BCUT2D eigenvalue weighted by molar-refractivity contribution is 0.636.